The van der Waals surface area contributed by atoms with E-state index in [1.165, 1.54) is 0 Å². The average molecular weight is 273 g/mol. The number of benzene rings is 1. The first-order valence-electron chi connectivity index (χ1n) is 3.73. The minimum atomic E-state index is 0.692. The Morgan fingerprint density at radius 2 is 2.33 bits per heavy atom. The van der Waals surface area contributed by atoms with Crippen molar-refractivity contribution in [2.45, 2.75) is 6.92 Å². The third kappa shape index (κ3) is 2.24. The van der Waals surface area contributed by atoms with E-state index >= 15 is 0 Å². The number of hydrogen-bond acceptors (Lipinski definition) is 1. The SMILES string of the molecule is C=[C]c1cc(OCC)ccc1I. The van der Waals surface area contributed by atoms with Crippen LogP contribution in [0.25, 0.3) is 0 Å². The molecule has 0 N–H and O–H groups in total. The van der Waals surface area contributed by atoms with E-state index in [1.54, 1.807) is 0 Å². The first-order chi connectivity index (χ1) is 5.77. The maximum absolute atomic E-state index is 5.33. The van der Waals surface area contributed by atoms with Gasteiger partial charge in [0, 0.05) is 3.57 Å². The second-order valence-corrected chi connectivity index (χ2v) is 3.41. The molecule has 0 bridgehead atoms. The quantitative estimate of drug-likeness (QED) is 0.769. The van der Waals surface area contributed by atoms with Gasteiger partial charge in [0.15, 0.2) is 0 Å². The summed E-state index contributed by atoms with van der Waals surface area (Å²) in [6.07, 6.45) is 2.86. The topological polar surface area (TPSA) is 9.23 Å². The highest BCUT2D eigenvalue weighted by Gasteiger charge is 1.97. The van der Waals surface area contributed by atoms with Crippen molar-refractivity contribution in [3.05, 3.63) is 40.0 Å². The summed E-state index contributed by atoms with van der Waals surface area (Å²) in [5.41, 5.74) is 1.00. The van der Waals surface area contributed by atoms with Crippen molar-refractivity contribution >= 4 is 22.6 Å². The molecule has 1 aromatic carbocycles. The highest BCUT2D eigenvalue weighted by molar-refractivity contribution is 14.1. The fraction of sp³-hybridized carbons (Fsp3) is 0.200. The van der Waals surface area contributed by atoms with Gasteiger partial charge in [-0.1, -0.05) is 6.58 Å². The van der Waals surface area contributed by atoms with E-state index in [0.29, 0.717) is 6.61 Å². The Morgan fingerprint density at radius 3 is 2.92 bits per heavy atom. The Kier molecular flexibility index (Phi) is 3.59. The standard InChI is InChI=1S/C10H10IO/c1-3-8-7-9(12-4-2)5-6-10(8)11/h5-7H,1,4H2,2H3. The molecule has 63 valence electrons. The summed E-state index contributed by atoms with van der Waals surface area (Å²) in [7, 11) is 0. The maximum atomic E-state index is 5.33. The van der Waals surface area contributed by atoms with E-state index in [-0.39, 0.29) is 0 Å². The van der Waals surface area contributed by atoms with E-state index in [4.69, 9.17) is 4.74 Å². The van der Waals surface area contributed by atoms with E-state index in [0.717, 1.165) is 14.9 Å². The second-order valence-electron chi connectivity index (χ2n) is 2.25. The van der Waals surface area contributed by atoms with Crippen LogP contribution in [0.2, 0.25) is 0 Å². The van der Waals surface area contributed by atoms with Crippen molar-refractivity contribution in [2.24, 2.45) is 0 Å². The van der Waals surface area contributed by atoms with Crippen LogP contribution >= 0.6 is 22.6 Å². The Morgan fingerprint density at radius 1 is 1.58 bits per heavy atom. The summed E-state index contributed by atoms with van der Waals surface area (Å²) in [5.74, 6) is 0.879. The van der Waals surface area contributed by atoms with Gasteiger partial charge in [0.2, 0.25) is 0 Å². The Labute approximate surface area is 86.6 Å². The van der Waals surface area contributed by atoms with Crippen LogP contribution in [0.3, 0.4) is 0 Å². The van der Waals surface area contributed by atoms with Gasteiger partial charge in [0.05, 0.1) is 6.61 Å². The minimum absolute atomic E-state index is 0.692. The Hall–Kier alpha value is -0.510. The summed E-state index contributed by atoms with van der Waals surface area (Å²) in [6.45, 7) is 6.27. The lowest BCUT2D eigenvalue weighted by molar-refractivity contribution is 0.340. The second kappa shape index (κ2) is 4.50. The summed E-state index contributed by atoms with van der Waals surface area (Å²) < 4.78 is 6.48. The fourth-order valence-electron chi connectivity index (χ4n) is 0.896. The molecular weight excluding hydrogens is 263 g/mol. The molecule has 0 saturated carbocycles. The van der Waals surface area contributed by atoms with Crippen LogP contribution in [-0.4, -0.2) is 6.61 Å². The minimum Gasteiger partial charge on any atom is -0.494 e. The summed E-state index contributed by atoms with van der Waals surface area (Å²) in [4.78, 5) is 0. The van der Waals surface area contributed by atoms with Crippen molar-refractivity contribution in [1.82, 2.24) is 0 Å². The van der Waals surface area contributed by atoms with Crippen LogP contribution < -0.4 is 4.74 Å². The predicted molar refractivity (Wildman–Crippen MR) is 58.3 cm³/mol. The van der Waals surface area contributed by atoms with Crippen LogP contribution in [0.15, 0.2) is 24.8 Å². The molecule has 0 spiro atoms. The maximum Gasteiger partial charge on any atom is 0.119 e. The van der Waals surface area contributed by atoms with Crippen molar-refractivity contribution in [1.29, 1.82) is 0 Å². The number of ether oxygens (including phenoxy) is 1. The van der Waals surface area contributed by atoms with Crippen LogP contribution in [0.4, 0.5) is 0 Å². The van der Waals surface area contributed by atoms with Gasteiger partial charge in [-0.2, -0.15) is 0 Å². The molecule has 0 amide bonds. The van der Waals surface area contributed by atoms with Crippen LogP contribution in [0.1, 0.15) is 12.5 Å². The molecule has 1 radical (unpaired) electrons. The highest BCUT2D eigenvalue weighted by atomic mass is 127. The summed E-state index contributed by atoms with van der Waals surface area (Å²) in [5, 5.41) is 0. The van der Waals surface area contributed by atoms with E-state index < -0.39 is 0 Å². The van der Waals surface area contributed by atoms with Gasteiger partial charge >= 0.3 is 0 Å². The first kappa shape index (κ1) is 9.58. The molecule has 1 rings (SSSR count). The normalized spacial score (nSPS) is 9.50. The van der Waals surface area contributed by atoms with Crippen LogP contribution in [0.5, 0.6) is 5.75 Å². The third-order valence-electron chi connectivity index (χ3n) is 1.44. The lowest BCUT2D eigenvalue weighted by Crippen LogP contribution is -1.92. The van der Waals surface area contributed by atoms with E-state index in [1.807, 2.05) is 25.1 Å². The molecule has 0 atom stereocenters. The lowest BCUT2D eigenvalue weighted by atomic mass is 10.2. The van der Waals surface area contributed by atoms with Crippen molar-refractivity contribution in [3.8, 4) is 5.75 Å². The molecule has 1 nitrogen and oxygen atoms in total. The van der Waals surface area contributed by atoms with Crippen molar-refractivity contribution in [2.75, 3.05) is 6.61 Å². The largest absolute Gasteiger partial charge is 0.494 e. The smallest absolute Gasteiger partial charge is 0.119 e. The first-order valence-corrected chi connectivity index (χ1v) is 4.81. The van der Waals surface area contributed by atoms with Crippen molar-refractivity contribution in [3.63, 3.8) is 0 Å². The molecular formula is C10H10IO. The highest BCUT2D eigenvalue weighted by Crippen LogP contribution is 2.19. The molecule has 0 saturated heterocycles. The zero-order chi connectivity index (χ0) is 8.97. The van der Waals surface area contributed by atoms with Gasteiger partial charge in [-0.05, 0) is 59.4 Å². The Balaban J connectivity index is 2.96. The zero-order valence-electron chi connectivity index (χ0n) is 6.93. The third-order valence-corrected chi connectivity index (χ3v) is 2.38. The van der Waals surface area contributed by atoms with Gasteiger partial charge < -0.3 is 4.74 Å². The number of halogens is 1. The van der Waals surface area contributed by atoms with Gasteiger partial charge in [0.25, 0.3) is 0 Å². The predicted octanol–water partition coefficient (Wildman–Crippen LogP) is 3.03. The Bertz CT molecular complexity index is 281. The van der Waals surface area contributed by atoms with Crippen molar-refractivity contribution < 1.29 is 4.74 Å². The molecule has 0 aliphatic carbocycles. The molecule has 0 aromatic heterocycles. The number of hydrogen-bond donors (Lipinski definition) is 0. The fourth-order valence-corrected chi connectivity index (χ4v) is 1.42. The van der Waals surface area contributed by atoms with E-state index in [9.17, 15) is 0 Å². The molecule has 1 aromatic rings. The summed E-state index contributed by atoms with van der Waals surface area (Å²) >= 11 is 2.25. The van der Waals surface area contributed by atoms with Gasteiger partial charge in [-0.15, -0.1) is 0 Å². The molecule has 0 heterocycles. The molecule has 0 fully saturated rings. The van der Waals surface area contributed by atoms with Crippen LogP contribution in [0, 0.1) is 9.65 Å². The summed E-state index contributed by atoms with van der Waals surface area (Å²) in [6, 6.07) is 5.89. The van der Waals surface area contributed by atoms with Gasteiger partial charge in [-0.3, -0.25) is 0 Å². The average Bonchev–Trinajstić information content (AvgIpc) is 2.09. The molecule has 12 heavy (non-hydrogen) atoms. The van der Waals surface area contributed by atoms with E-state index in [2.05, 4.69) is 35.2 Å². The molecule has 0 aliphatic rings. The lowest BCUT2D eigenvalue weighted by Gasteiger charge is -2.04. The van der Waals surface area contributed by atoms with Crippen LogP contribution in [-0.2, 0) is 0 Å². The molecule has 0 aliphatic heterocycles. The molecule has 0 unspecified atom stereocenters. The monoisotopic (exact) mass is 273 g/mol. The number of rotatable bonds is 3. The molecule has 2 heteroatoms. The van der Waals surface area contributed by atoms with Gasteiger partial charge in [-0.25, -0.2) is 0 Å². The zero-order valence-corrected chi connectivity index (χ0v) is 9.09. The van der Waals surface area contributed by atoms with Gasteiger partial charge in [0.1, 0.15) is 5.75 Å².